The van der Waals surface area contributed by atoms with Crippen LogP contribution in [0, 0.1) is 6.92 Å². The molecule has 1 aliphatic rings. The molecule has 0 unspecified atom stereocenters. The van der Waals surface area contributed by atoms with Crippen LogP contribution >= 0.6 is 11.3 Å². The van der Waals surface area contributed by atoms with Crippen molar-refractivity contribution in [1.29, 1.82) is 0 Å². The van der Waals surface area contributed by atoms with Gasteiger partial charge in [0.15, 0.2) is 0 Å². The third-order valence-corrected chi connectivity index (χ3v) is 6.55. The third-order valence-electron chi connectivity index (χ3n) is 5.69. The summed E-state index contributed by atoms with van der Waals surface area (Å²) in [5.74, 6) is 0.854. The lowest BCUT2D eigenvalue weighted by Crippen LogP contribution is -2.50. The number of thiophene rings is 1. The Balaban J connectivity index is 1.22. The number of rotatable bonds is 4. The molecule has 0 spiro atoms. The van der Waals surface area contributed by atoms with Crippen LogP contribution in [0.5, 0.6) is 0 Å². The number of piperazine rings is 1. The molecule has 0 aliphatic carbocycles. The number of hydrogen-bond acceptors (Lipinski definition) is 6. The molecule has 1 fully saturated rings. The predicted molar refractivity (Wildman–Crippen MR) is 126 cm³/mol. The Morgan fingerprint density at radius 3 is 1.88 bits per heavy atom. The summed E-state index contributed by atoms with van der Waals surface area (Å²) >= 11 is 1.44. The first kappa shape index (κ1) is 21.1. The summed E-state index contributed by atoms with van der Waals surface area (Å²) in [6.45, 7) is 4.12. The number of carbonyl (C=O) groups is 2. The van der Waals surface area contributed by atoms with Crippen molar-refractivity contribution in [1.82, 2.24) is 20.0 Å². The van der Waals surface area contributed by atoms with E-state index < -0.39 is 0 Å². The Morgan fingerprint density at radius 2 is 1.33 bits per heavy atom. The molecule has 0 saturated carbocycles. The Bertz CT molecular complexity index is 1260. The molecule has 2 aromatic carbocycles. The van der Waals surface area contributed by atoms with Crippen LogP contribution in [0.4, 0.5) is 0 Å². The van der Waals surface area contributed by atoms with E-state index in [4.69, 9.17) is 4.42 Å². The van der Waals surface area contributed by atoms with Gasteiger partial charge in [0.25, 0.3) is 11.8 Å². The number of aryl methyl sites for hydroxylation is 1. The summed E-state index contributed by atoms with van der Waals surface area (Å²) in [4.78, 5) is 29.8. The number of nitrogens with zero attached hydrogens (tertiary/aromatic N) is 4. The molecule has 0 radical (unpaired) electrons. The Kier molecular flexibility index (Phi) is 5.75. The average molecular weight is 459 g/mol. The quantitative estimate of drug-likeness (QED) is 0.454. The molecule has 1 aliphatic heterocycles. The van der Waals surface area contributed by atoms with Crippen molar-refractivity contribution >= 4 is 23.2 Å². The minimum atomic E-state index is -0.0457. The molecule has 4 aromatic rings. The fourth-order valence-corrected chi connectivity index (χ4v) is 4.45. The van der Waals surface area contributed by atoms with Gasteiger partial charge >= 0.3 is 0 Å². The van der Waals surface area contributed by atoms with E-state index in [0.29, 0.717) is 43.5 Å². The molecular formula is C25H22N4O3S. The van der Waals surface area contributed by atoms with Crippen molar-refractivity contribution in [2.24, 2.45) is 0 Å². The van der Waals surface area contributed by atoms with Gasteiger partial charge in [-0.05, 0) is 54.8 Å². The van der Waals surface area contributed by atoms with Crippen LogP contribution in [-0.2, 0) is 0 Å². The maximum atomic E-state index is 12.9. The van der Waals surface area contributed by atoms with Crippen molar-refractivity contribution in [3.8, 4) is 22.9 Å². The highest BCUT2D eigenvalue weighted by Crippen LogP contribution is 2.25. The van der Waals surface area contributed by atoms with Crippen molar-refractivity contribution in [2.75, 3.05) is 26.2 Å². The van der Waals surface area contributed by atoms with Crippen LogP contribution in [0.2, 0.25) is 0 Å². The molecule has 7 nitrogen and oxygen atoms in total. The summed E-state index contributed by atoms with van der Waals surface area (Å²) < 4.78 is 5.82. The van der Waals surface area contributed by atoms with Crippen LogP contribution in [0.25, 0.3) is 22.9 Å². The van der Waals surface area contributed by atoms with Crippen molar-refractivity contribution < 1.29 is 14.0 Å². The summed E-state index contributed by atoms with van der Waals surface area (Å²) in [6, 6.07) is 18.8. The summed E-state index contributed by atoms with van der Waals surface area (Å²) in [5.41, 5.74) is 3.37. The fraction of sp³-hybridized carbons (Fsp3) is 0.200. The second-order valence-corrected chi connectivity index (χ2v) is 8.87. The van der Waals surface area contributed by atoms with Gasteiger partial charge in [0.05, 0.1) is 4.88 Å². The summed E-state index contributed by atoms with van der Waals surface area (Å²) in [6.07, 6.45) is 0. The van der Waals surface area contributed by atoms with Gasteiger partial charge < -0.3 is 14.2 Å². The van der Waals surface area contributed by atoms with Gasteiger partial charge in [-0.2, -0.15) is 0 Å². The number of carbonyl (C=O) groups excluding carboxylic acids is 2. The molecule has 0 N–H and O–H groups in total. The molecule has 3 heterocycles. The number of amides is 2. The molecule has 5 rings (SSSR count). The minimum absolute atomic E-state index is 0.0333. The minimum Gasteiger partial charge on any atom is -0.416 e. The van der Waals surface area contributed by atoms with E-state index in [9.17, 15) is 9.59 Å². The van der Waals surface area contributed by atoms with E-state index >= 15 is 0 Å². The van der Waals surface area contributed by atoms with Crippen LogP contribution in [0.15, 0.2) is 70.5 Å². The van der Waals surface area contributed by atoms with Gasteiger partial charge in [0, 0.05) is 42.9 Å². The smallest absolute Gasteiger partial charge is 0.264 e. The summed E-state index contributed by atoms with van der Waals surface area (Å²) in [7, 11) is 0. The molecule has 2 aromatic heterocycles. The number of benzene rings is 2. The van der Waals surface area contributed by atoms with Gasteiger partial charge in [-0.15, -0.1) is 21.5 Å². The predicted octanol–water partition coefficient (Wildman–Crippen LogP) is 4.37. The lowest BCUT2D eigenvalue weighted by Gasteiger charge is -2.34. The maximum Gasteiger partial charge on any atom is 0.264 e. The van der Waals surface area contributed by atoms with Crippen molar-refractivity contribution in [3.05, 3.63) is 82.0 Å². The Morgan fingerprint density at radius 1 is 0.788 bits per heavy atom. The summed E-state index contributed by atoms with van der Waals surface area (Å²) in [5, 5.41) is 10.2. The molecule has 1 saturated heterocycles. The Hall–Kier alpha value is -3.78. The van der Waals surface area contributed by atoms with Crippen LogP contribution < -0.4 is 0 Å². The zero-order valence-corrected chi connectivity index (χ0v) is 18.9. The average Bonchev–Trinajstić information content (AvgIpc) is 3.57. The van der Waals surface area contributed by atoms with Gasteiger partial charge in [-0.25, -0.2) is 0 Å². The van der Waals surface area contributed by atoms with Crippen LogP contribution in [0.1, 0.15) is 25.6 Å². The molecule has 0 atom stereocenters. The highest BCUT2D eigenvalue weighted by molar-refractivity contribution is 7.12. The standard InChI is InChI=1S/C25H22N4O3S/c1-17-4-6-18(7-5-17)22-26-27-23(32-22)19-8-10-20(11-9-19)24(30)28-12-14-29(15-13-28)25(31)21-3-2-16-33-21/h2-11,16H,12-15H2,1H3. The fourth-order valence-electron chi connectivity index (χ4n) is 3.76. The maximum absolute atomic E-state index is 12.9. The molecule has 8 heteroatoms. The lowest BCUT2D eigenvalue weighted by molar-refractivity contribution is 0.0538. The lowest BCUT2D eigenvalue weighted by atomic mass is 10.1. The monoisotopic (exact) mass is 458 g/mol. The molecule has 166 valence electrons. The van der Waals surface area contributed by atoms with Gasteiger partial charge in [0.2, 0.25) is 11.8 Å². The van der Waals surface area contributed by atoms with Gasteiger partial charge in [-0.3, -0.25) is 9.59 Å². The van der Waals surface area contributed by atoms with E-state index in [-0.39, 0.29) is 11.8 Å². The number of aromatic nitrogens is 2. The zero-order valence-electron chi connectivity index (χ0n) is 18.1. The van der Waals surface area contributed by atoms with E-state index in [1.807, 2.05) is 60.8 Å². The normalized spacial score (nSPS) is 13.8. The van der Waals surface area contributed by atoms with Crippen molar-refractivity contribution in [2.45, 2.75) is 6.92 Å². The first-order valence-electron chi connectivity index (χ1n) is 10.7. The van der Waals surface area contributed by atoms with E-state index in [0.717, 1.165) is 21.6 Å². The van der Waals surface area contributed by atoms with Crippen LogP contribution in [0.3, 0.4) is 0 Å². The van der Waals surface area contributed by atoms with Gasteiger partial charge in [-0.1, -0.05) is 23.8 Å². The topological polar surface area (TPSA) is 79.5 Å². The van der Waals surface area contributed by atoms with E-state index in [1.54, 1.807) is 21.9 Å². The molecule has 2 amide bonds. The third kappa shape index (κ3) is 4.42. The Labute approximate surface area is 195 Å². The highest BCUT2D eigenvalue weighted by atomic mass is 32.1. The molecule has 0 bridgehead atoms. The molecular weight excluding hydrogens is 436 g/mol. The second-order valence-electron chi connectivity index (χ2n) is 7.92. The van der Waals surface area contributed by atoms with E-state index in [2.05, 4.69) is 10.2 Å². The van der Waals surface area contributed by atoms with Crippen LogP contribution in [-0.4, -0.2) is 58.0 Å². The van der Waals surface area contributed by atoms with Gasteiger partial charge in [0.1, 0.15) is 0 Å². The zero-order chi connectivity index (χ0) is 22.8. The SMILES string of the molecule is Cc1ccc(-c2nnc(-c3ccc(C(=O)N4CCN(C(=O)c5cccs5)CC4)cc3)o2)cc1. The second kappa shape index (κ2) is 8.99. The van der Waals surface area contributed by atoms with Crippen molar-refractivity contribution in [3.63, 3.8) is 0 Å². The first-order valence-corrected chi connectivity index (χ1v) is 11.6. The largest absolute Gasteiger partial charge is 0.416 e. The number of hydrogen-bond donors (Lipinski definition) is 0. The first-order chi connectivity index (χ1) is 16.1. The molecule has 33 heavy (non-hydrogen) atoms. The van der Waals surface area contributed by atoms with E-state index in [1.165, 1.54) is 11.3 Å². The highest BCUT2D eigenvalue weighted by Gasteiger charge is 2.26.